The summed E-state index contributed by atoms with van der Waals surface area (Å²) in [6, 6.07) is 0. The van der Waals surface area contributed by atoms with E-state index in [1.807, 2.05) is 0 Å². The molecule has 0 unspecified atom stereocenters. The van der Waals surface area contributed by atoms with Crippen LogP contribution in [0.25, 0.3) is 0 Å². The Morgan fingerprint density at radius 2 is 1.89 bits per heavy atom. The van der Waals surface area contributed by atoms with Crippen LogP contribution in [-0.4, -0.2) is 51.3 Å². The van der Waals surface area contributed by atoms with Gasteiger partial charge in [-0.2, -0.15) is 13.2 Å². The average molecular weight is 291 g/mol. The quantitative estimate of drug-likeness (QED) is 0.660. The van der Waals surface area contributed by atoms with E-state index in [2.05, 4.69) is 4.74 Å². The van der Waals surface area contributed by atoms with E-state index in [-0.39, 0.29) is 13.0 Å². The van der Waals surface area contributed by atoms with Crippen LogP contribution in [0.5, 0.6) is 0 Å². The first kappa shape index (κ1) is 17.2. The molecule has 9 heteroatoms. The number of esters is 1. The van der Waals surface area contributed by atoms with Gasteiger partial charge in [-0.25, -0.2) is 12.7 Å². The van der Waals surface area contributed by atoms with Gasteiger partial charge in [0.1, 0.15) is 0 Å². The SMILES string of the molecule is COC(=O)CCN(C)S(=O)(=O)CCCC(F)(F)F. The van der Waals surface area contributed by atoms with Crippen molar-refractivity contribution in [1.29, 1.82) is 0 Å². The monoisotopic (exact) mass is 291 g/mol. The molecule has 0 atom stereocenters. The van der Waals surface area contributed by atoms with E-state index in [1.165, 1.54) is 14.2 Å². The lowest BCUT2D eigenvalue weighted by Gasteiger charge is -2.16. The zero-order valence-corrected chi connectivity index (χ0v) is 11.0. The fourth-order valence-corrected chi connectivity index (χ4v) is 2.29. The summed E-state index contributed by atoms with van der Waals surface area (Å²) in [6.45, 7) is -0.110. The maximum atomic E-state index is 11.9. The molecule has 0 fully saturated rings. The zero-order valence-electron chi connectivity index (χ0n) is 10.2. The number of carbonyl (C=O) groups excluding carboxylic acids is 1. The lowest BCUT2D eigenvalue weighted by atomic mass is 10.3. The molecule has 0 heterocycles. The van der Waals surface area contributed by atoms with Crippen molar-refractivity contribution < 1.29 is 31.1 Å². The normalized spacial score (nSPS) is 12.8. The second-order valence-electron chi connectivity index (χ2n) is 3.68. The van der Waals surface area contributed by atoms with Crippen LogP contribution in [0.1, 0.15) is 19.3 Å². The third-order valence-electron chi connectivity index (χ3n) is 2.20. The van der Waals surface area contributed by atoms with Crippen LogP contribution in [0, 0.1) is 0 Å². The summed E-state index contributed by atoms with van der Waals surface area (Å²) in [6.07, 6.45) is -6.13. The molecule has 108 valence electrons. The lowest BCUT2D eigenvalue weighted by molar-refractivity contribution is -0.140. The number of rotatable bonds is 7. The number of hydrogen-bond acceptors (Lipinski definition) is 4. The van der Waals surface area contributed by atoms with Gasteiger partial charge in [-0.15, -0.1) is 0 Å². The molecule has 0 aromatic rings. The molecule has 0 aliphatic heterocycles. The largest absolute Gasteiger partial charge is 0.469 e. The van der Waals surface area contributed by atoms with Crippen molar-refractivity contribution in [1.82, 2.24) is 4.31 Å². The molecule has 18 heavy (non-hydrogen) atoms. The number of sulfonamides is 1. The van der Waals surface area contributed by atoms with Gasteiger partial charge < -0.3 is 4.74 Å². The third kappa shape index (κ3) is 7.49. The van der Waals surface area contributed by atoms with Crippen LogP contribution < -0.4 is 0 Å². The van der Waals surface area contributed by atoms with Gasteiger partial charge in [-0.05, 0) is 6.42 Å². The Morgan fingerprint density at radius 1 is 1.33 bits per heavy atom. The van der Waals surface area contributed by atoms with Crippen LogP contribution in [0.2, 0.25) is 0 Å². The summed E-state index contributed by atoms with van der Waals surface area (Å²) in [5.41, 5.74) is 0. The van der Waals surface area contributed by atoms with E-state index < -0.39 is 40.8 Å². The van der Waals surface area contributed by atoms with Gasteiger partial charge in [0.15, 0.2) is 0 Å². The minimum atomic E-state index is -4.36. The molecule has 0 saturated carbocycles. The fourth-order valence-electron chi connectivity index (χ4n) is 1.10. The van der Waals surface area contributed by atoms with Gasteiger partial charge in [0.05, 0.1) is 19.3 Å². The van der Waals surface area contributed by atoms with Crippen molar-refractivity contribution in [3.8, 4) is 0 Å². The molecule has 0 aliphatic rings. The first-order valence-electron chi connectivity index (χ1n) is 5.16. The van der Waals surface area contributed by atoms with Gasteiger partial charge in [-0.1, -0.05) is 0 Å². The lowest BCUT2D eigenvalue weighted by Crippen LogP contribution is -2.31. The Bertz CT molecular complexity index is 366. The number of methoxy groups -OCH3 is 1. The Morgan fingerprint density at radius 3 is 2.33 bits per heavy atom. The summed E-state index contributed by atoms with van der Waals surface area (Å²) in [7, 11) is -1.38. The molecule has 0 saturated heterocycles. The summed E-state index contributed by atoms with van der Waals surface area (Å²) in [5.74, 6) is -1.17. The molecule has 0 amide bonds. The van der Waals surface area contributed by atoms with E-state index in [4.69, 9.17) is 0 Å². The molecule has 0 aromatic heterocycles. The Balaban J connectivity index is 4.16. The number of ether oxygens (including phenoxy) is 1. The molecule has 0 radical (unpaired) electrons. The van der Waals surface area contributed by atoms with Crippen molar-refractivity contribution in [3.63, 3.8) is 0 Å². The molecule has 5 nitrogen and oxygen atoms in total. The van der Waals surface area contributed by atoms with Gasteiger partial charge >= 0.3 is 12.1 Å². The molecule has 0 spiro atoms. The van der Waals surface area contributed by atoms with E-state index in [1.54, 1.807) is 0 Å². The Kier molecular flexibility index (Phi) is 6.61. The van der Waals surface area contributed by atoms with E-state index in [9.17, 15) is 26.4 Å². The van der Waals surface area contributed by atoms with Crippen molar-refractivity contribution in [2.45, 2.75) is 25.4 Å². The van der Waals surface area contributed by atoms with Crippen LogP contribution in [0.3, 0.4) is 0 Å². The minimum absolute atomic E-state index is 0.110. The summed E-state index contributed by atoms with van der Waals surface area (Å²) < 4.78 is 63.8. The smallest absolute Gasteiger partial charge is 0.389 e. The summed E-state index contributed by atoms with van der Waals surface area (Å²) >= 11 is 0. The molecule has 0 bridgehead atoms. The maximum absolute atomic E-state index is 11.9. The molecular formula is C9H16F3NO4S. The number of nitrogens with zero attached hydrogens (tertiary/aromatic N) is 1. The highest BCUT2D eigenvalue weighted by Crippen LogP contribution is 2.21. The van der Waals surface area contributed by atoms with Gasteiger partial charge in [-0.3, -0.25) is 4.79 Å². The fraction of sp³-hybridized carbons (Fsp3) is 0.889. The molecule has 0 rings (SSSR count). The van der Waals surface area contributed by atoms with Crippen molar-refractivity contribution in [2.24, 2.45) is 0 Å². The molecule has 0 aromatic carbocycles. The number of alkyl halides is 3. The minimum Gasteiger partial charge on any atom is -0.469 e. The van der Waals surface area contributed by atoms with E-state index in [0.29, 0.717) is 0 Å². The highest BCUT2D eigenvalue weighted by atomic mass is 32.2. The van der Waals surface area contributed by atoms with Gasteiger partial charge in [0.25, 0.3) is 0 Å². The third-order valence-corrected chi connectivity index (χ3v) is 4.13. The van der Waals surface area contributed by atoms with Crippen LogP contribution in [0.4, 0.5) is 13.2 Å². The van der Waals surface area contributed by atoms with Gasteiger partial charge in [0.2, 0.25) is 10.0 Å². The van der Waals surface area contributed by atoms with Crippen molar-refractivity contribution in [2.75, 3.05) is 26.5 Å². The summed E-state index contributed by atoms with van der Waals surface area (Å²) in [5, 5.41) is 0. The van der Waals surface area contributed by atoms with Crippen LogP contribution in [-0.2, 0) is 19.6 Å². The predicted octanol–water partition coefficient (Wildman–Crippen LogP) is 1.15. The second kappa shape index (κ2) is 6.93. The van der Waals surface area contributed by atoms with Crippen molar-refractivity contribution in [3.05, 3.63) is 0 Å². The van der Waals surface area contributed by atoms with Crippen LogP contribution >= 0.6 is 0 Å². The van der Waals surface area contributed by atoms with E-state index in [0.717, 1.165) is 4.31 Å². The molecule has 0 N–H and O–H groups in total. The molecule has 0 aliphatic carbocycles. The first-order chi connectivity index (χ1) is 8.08. The van der Waals surface area contributed by atoms with Crippen LogP contribution in [0.15, 0.2) is 0 Å². The van der Waals surface area contributed by atoms with Gasteiger partial charge in [0, 0.05) is 20.0 Å². The second-order valence-corrected chi connectivity index (χ2v) is 5.88. The topological polar surface area (TPSA) is 63.7 Å². The maximum Gasteiger partial charge on any atom is 0.389 e. The number of halogens is 3. The highest BCUT2D eigenvalue weighted by Gasteiger charge is 2.28. The zero-order chi connectivity index (χ0) is 14.4. The highest BCUT2D eigenvalue weighted by molar-refractivity contribution is 7.89. The summed E-state index contributed by atoms with van der Waals surface area (Å²) in [4.78, 5) is 10.8. The Labute approximate surface area is 104 Å². The first-order valence-corrected chi connectivity index (χ1v) is 6.77. The molecular weight excluding hydrogens is 275 g/mol. The number of carbonyl (C=O) groups is 1. The average Bonchev–Trinajstić information content (AvgIpc) is 2.22. The van der Waals surface area contributed by atoms with Crippen molar-refractivity contribution >= 4 is 16.0 Å². The number of hydrogen-bond donors (Lipinski definition) is 0. The Hall–Kier alpha value is -0.830. The predicted molar refractivity (Wildman–Crippen MR) is 58.3 cm³/mol. The standard InChI is InChI=1S/C9H16F3NO4S/c1-13(6-4-8(14)17-2)18(15,16)7-3-5-9(10,11)12/h3-7H2,1-2H3. The van der Waals surface area contributed by atoms with E-state index >= 15 is 0 Å².